The summed E-state index contributed by atoms with van der Waals surface area (Å²) in [5.74, 6) is 0.878. The van der Waals surface area contributed by atoms with Gasteiger partial charge in [0.2, 0.25) is 11.8 Å². The van der Waals surface area contributed by atoms with E-state index in [4.69, 9.17) is 4.74 Å². The summed E-state index contributed by atoms with van der Waals surface area (Å²) in [5, 5.41) is 3.07. The van der Waals surface area contributed by atoms with E-state index in [2.05, 4.69) is 20.2 Å². The molecule has 1 aromatic heterocycles. The Labute approximate surface area is 167 Å². The minimum absolute atomic E-state index is 0.00740. The molecule has 1 aromatic rings. The van der Waals surface area contributed by atoms with Crippen molar-refractivity contribution in [3.05, 3.63) is 17.7 Å². The number of carbonyl (C=O) groups is 2. The minimum Gasteiger partial charge on any atom is -0.381 e. The fourth-order valence-electron chi connectivity index (χ4n) is 4.34. The van der Waals surface area contributed by atoms with Crippen LogP contribution in [0.5, 0.6) is 0 Å². The average Bonchev–Trinajstić information content (AvgIpc) is 2.96. The first-order chi connectivity index (χ1) is 13.4. The van der Waals surface area contributed by atoms with Crippen molar-refractivity contribution in [2.45, 2.75) is 58.2 Å². The molecule has 156 valence electrons. The Balaban J connectivity index is 1.67. The number of likely N-dealkylation sites (tertiary alicyclic amines) is 1. The van der Waals surface area contributed by atoms with Crippen molar-refractivity contribution in [3.8, 4) is 0 Å². The van der Waals surface area contributed by atoms with E-state index < -0.39 is 0 Å². The molecule has 2 atom stereocenters. The zero-order chi connectivity index (χ0) is 20.1. The smallest absolute Gasteiger partial charge is 0.227 e. The number of imidazole rings is 1. The Kier molecular flexibility index (Phi) is 7.07. The molecule has 3 rings (SSSR count). The molecule has 3 heterocycles. The Bertz CT molecular complexity index is 671. The molecular weight excluding hydrogens is 358 g/mol. The van der Waals surface area contributed by atoms with E-state index in [0.717, 1.165) is 63.5 Å². The lowest BCUT2D eigenvalue weighted by Crippen LogP contribution is -2.48. The second kappa shape index (κ2) is 9.52. The van der Waals surface area contributed by atoms with Crippen LogP contribution in [0.15, 0.2) is 6.20 Å². The van der Waals surface area contributed by atoms with Crippen LogP contribution in [0, 0.1) is 12.8 Å². The van der Waals surface area contributed by atoms with Gasteiger partial charge in [-0.05, 0) is 32.6 Å². The van der Waals surface area contributed by atoms with Gasteiger partial charge in [-0.1, -0.05) is 0 Å². The lowest BCUT2D eigenvalue weighted by atomic mass is 9.99. The Morgan fingerprint density at radius 1 is 1.29 bits per heavy atom. The van der Waals surface area contributed by atoms with Crippen LogP contribution in [0.4, 0.5) is 0 Å². The van der Waals surface area contributed by atoms with Crippen molar-refractivity contribution < 1.29 is 14.3 Å². The number of aromatic amines is 1. The summed E-state index contributed by atoms with van der Waals surface area (Å²) in [5.41, 5.74) is 0.995. The molecule has 2 aliphatic heterocycles. The highest BCUT2D eigenvalue weighted by atomic mass is 16.5. The first-order valence-corrected chi connectivity index (χ1v) is 10.3. The third kappa shape index (κ3) is 5.54. The topological polar surface area (TPSA) is 90.6 Å². The van der Waals surface area contributed by atoms with Gasteiger partial charge in [0.1, 0.15) is 5.82 Å². The molecule has 2 saturated heterocycles. The predicted molar refractivity (Wildman–Crippen MR) is 106 cm³/mol. The Morgan fingerprint density at radius 2 is 2.04 bits per heavy atom. The summed E-state index contributed by atoms with van der Waals surface area (Å²) in [7, 11) is 1.84. The van der Waals surface area contributed by atoms with Gasteiger partial charge in [0, 0.05) is 64.2 Å². The van der Waals surface area contributed by atoms with Crippen LogP contribution in [0.2, 0.25) is 0 Å². The van der Waals surface area contributed by atoms with E-state index in [1.807, 2.05) is 14.0 Å². The second-order valence-electron chi connectivity index (χ2n) is 8.18. The van der Waals surface area contributed by atoms with Gasteiger partial charge in [0.05, 0.1) is 12.5 Å². The van der Waals surface area contributed by atoms with Crippen molar-refractivity contribution in [2.75, 3.05) is 33.4 Å². The lowest BCUT2D eigenvalue weighted by molar-refractivity contribution is -0.135. The average molecular weight is 392 g/mol. The maximum absolute atomic E-state index is 13.2. The zero-order valence-electron chi connectivity index (χ0n) is 17.2. The van der Waals surface area contributed by atoms with E-state index in [0.29, 0.717) is 12.6 Å². The van der Waals surface area contributed by atoms with Crippen molar-refractivity contribution in [1.29, 1.82) is 0 Å². The number of nitrogens with one attached hydrogen (secondary N) is 2. The molecule has 8 nitrogen and oxygen atoms in total. The maximum atomic E-state index is 13.2. The Hall–Kier alpha value is -1.93. The minimum atomic E-state index is -0.0670. The molecule has 0 bridgehead atoms. The molecule has 2 aliphatic rings. The highest BCUT2D eigenvalue weighted by Crippen LogP contribution is 2.24. The van der Waals surface area contributed by atoms with Gasteiger partial charge in [-0.25, -0.2) is 4.98 Å². The van der Waals surface area contributed by atoms with Gasteiger partial charge in [0.15, 0.2) is 0 Å². The number of hydrogen-bond donors (Lipinski definition) is 2. The molecule has 0 aliphatic carbocycles. The highest BCUT2D eigenvalue weighted by molar-refractivity contribution is 5.79. The molecule has 2 fully saturated rings. The quantitative estimate of drug-likeness (QED) is 0.784. The number of ether oxygens (including phenoxy) is 1. The summed E-state index contributed by atoms with van der Waals surface area (Å²) >= 11 is 0. The number of carbonyl (C=O) groups excluding carboxylic acids is 2. The SMILES string of the molecule is CC(=O)N[C@H]1CC[C@@H](C(=O)N(C)Cc2ncc(C)[nH]2)CN(C2CCOCC2)C1. The van der Waals surface area contributed by atoms with Crippen LogP contribution in [0.1, 0.15) is 44.1 Å². The summed E-state index contributed by atoms with van der Waals surface area (Å²) in [6.45, 7) is 7.07. The van der Waals surface area contributed by atoms with Gasteiger partial charge in [-0.2, -0.15) is 0 Å². The predicted octanol–water partition coefficient (Wildman–Crippen LogP) is 1.07. The number of aryl methyl sites for hydroxylation is 1. The van der Waals surface area contributed by atoms with E-state index in [1.165, 1.54) is 0 Å². The van der Waals surface area contributed by atoms with E-state index in [-0.39, 0.29) is 23.8 Å². The van der Waals surface area contributed by atoms with E-state index >= 15 is 0 Å². The van der Waals surface area contributed by atoms with Crippen LogP contribution < -0.4 is 5.32 Å². The van der Waals surface area contributed by atoms with Gasteiger partial charge >= 0.3 is 0 Å². The number of hydrogen-bond acceptors (Lipinski definition) is 5. The van der Waals surface area contributed by atoms with Crippen LogP contribution >= 0.6 is 0 Å². The molecule has 2 N–H and O–H groups in total. The van der Waals surface area contributed by atoms with Crippen molar-refractivity contribution >= 4 is 11.8 Å². The van der Waals surface area contributed by atoms with Crippen LogP contribution in [0.3, 0.4) is 0 Å². The number of amides is 2. The molecule has 0 spiro atoms. The van der Waals surface area contributed by atoms with Gasteiger partial charge in [-0.3, -0.25) is 14.5 Å². The molecule has 2 amide bonds. The van der Waals surface area contributed by atoms with Gasteiger partial charge in [0.25, 0.3) is 0 Å². The van der Waals surface area contributed by atoms with Gasteiger partial charge < -0.3 is 19.9 Å². The Morgan fingerprint density at radius 3 is 2.68 bits per heavy atom. The standard InChI is InChI=1S/C20H33N5O3/c1-14-10-21-19(22-14)13-24(3)20(27)16-4-5-17(23-15(2)26)12-25(11-16)18-6-8-28-9-7-18/h10,16-18H,4-9,11-13H2,1-3H3,(H,21,22)(H,23,26)/t16-,17+/m1/s1. The summed E-state index contributed by atoms with van der Waals surface area (Å²) < 4.78 is 5.51. The fourth-order valence-corrected chi connectivity index (χ4v) is 4.34. The fraction of sp³-hybridized carbons (Fsp3) is 0.750. The summed E-state index contributed by atoms with van der Waals surface area (Å²) in [6.07, 6.45) is 5.35. The normalized spacial score (nSPS) is 24.5. The van der Waals surface area contributed by atoms with E-state index in [9.17, 15) is 9.59 Å². The number of aromatic nitrogens is 2. The first kappa shape index (κ1) is 20.8. The highest BCUT2D eigenvalue weighted by Gasteiger charge is 2.34. The third-order valence-electron chi connectivity index (χ3n) is 5.76. The summed E-state index contributed by atoms with van der Waals surface area (Å²) in [4.78, 5) is 36.4. The number of nitrogens with zero attached hydrogens (tertiary/aromatic N) is 3. The molecule has 28 heavy (non-hydrogen) atoms. The molecule has 8 heteroatoms. The largest absolute Gasteiger partial charge is 0.381 e. The number of H-pyrrole nitrogens is 1. The molecular formula is C20H33N5O3. The van der Waals surface area contributed by atoms with Crippen molar-refractivity contribution in [1.82, 2.24) is 25.1 Å². The van der Waals surface area contributed by atoms with Crippen molar-refractivity contribution in [3.63, 3.8) is 0 Å². The van der Waals surface area contributed by atoms with Crippen LogP contribution in [-0.4, -0.2) is 77.0 Å². The monoisotopic (exact) mass is 391 g/mol. The van der Waals surface area contributed by atoms with Crippen LogP contribution in [-0.2, 0) is 20.9 Å². The van der Waals surface area contributed by atoms with Crippen molar-refractivity contribution in [2.24, 2.45) is 5.92 Å². The van der Waals surface area contributed by atoms with Gasteiger partial charge in [-0.15, -0.1) is 0 Å². The maximum Gasteiger partial charge on any atom is 0.227 e. The first-order valence-electron chi connectivity index (χ1n) is 10.3. The molecule has 0 radical (unpaired) electrons. The summed E-state index contributed by atoms with van der Waals surface area (Å²) in [6, 6.07) is 0.507. The van der Waals surface area contributed by atoms with Crippen LogP contribution in [0.25, 0.3) is 0 Å². The number of rotatable bonds is 5. The molecule has 0 aromatic carbocycles. The van der Waals surface area contributed by atoms with E-state index in [1.54, 1.807) is 18.0 Å². The zero-order valence-corrected chi connectivity index (χ0v) is 17.2. The third-order valence-corrected chi connectivity index (χ3v) is 5.76. The lowest BCUT2D eigenvalue weighted by Gasteiger charge is -2.36. The molecule has 0 saturated carbocycles. The molecule has 0 unspecified atom stereocenters. The second-order valence-corrected chi connectivity index (χ2v) is 8.18.